The Morgan fingerprint density at radius 2 is 1.71 bits per heavy atom. The van der Waals surface area contributed by atoms with Crippen molar-refractivity contribution < 1.29 is 13.2 Å². The molecule has 3 aliphatic rings. The normalized spacial score (nSPS) is 21.2. The van der Waals surface area contributed by atoms with Gasteiger partial charge in [0.1, 0.15) is 5.82 Å². The van der Waals surface area contributed by atoms with Gasteiger partial charge in [-0.25, -0.2) is 13.2 Å². The summed E-state index contributed by atoms with van der Waals surface area (Å²) in [5, 5.41) is 18.8. The van der Waals surface area contributed by atoms with E-state index in [1.807, 2.05) is 18.2 Å². The molecule has 0 saturated heterocycles. The minimum atomic E-state index is -1.36. The largest absolute Gasteiger partial charge is 0.259 e. The highest BCUT2D eigenvalue weighted by molar-refractivity contribution is 6.19. The highest BCUT2D eigenvalue weighted by Crippen LogP contribution is 2.55. The number of fused-ring (bicyclic) bond motifs is 3. The molecule has 31 heavy (non-hydrogen) atoms. The topological polar surface area (TPSA) is 72.8 Å². The van der Waals surface area contributed by atoms with Crippen LogP contribution in [0.15, 0.2) is 52.7 Å². The molecule has 5 rings (SSSR count). The van der Waals surface area contributed by atoms with Gasteiger partial charge in [-0.1, -0.05) is 6.07 Å². The van der Waals surface area contributed by atoms with Crippen LogP contribution in [0.4, 0.5) is 13.2 Å². The van der Waals surface area contributed by atoms with E-state index in [0.717, 1.165) is 17.7 Å². The van der Waals surface area contributed by atoms with Crippen LogP contribution in [0.3, 0.4) is 0 Å². The van der Waals surface area contributed by atoms with Crippen LogP contribution < -0.4 is 0 Å². The molecule has 0 bridgehead atoms. The Bertz CT molecular complexity index is 1430. The van der Waals surface area contributed by atoms with E-state index in [1.165, 1.54) is 0 Å². The van der Waals surface area contributed by atoms with Gasteiger partial charge in [0.2, 0.25) is 0 Å². The second-order valence-electron chi connectivity index (χ2n) is 7.11. The molecule has 0 saturated carbocycles. The summed E-state index contributed by atoms with van der Waals surface area (Å²) in [6.07, 6.45) is 6.81. The number of hydrogen-bond donors (Lipinski definition) is 0. The van der Waals surface area contributed by atoms with Crippen LogP contribution in [0.2, 0.25) is 0 Å². The number of pyridine rings is 1. The second-order valence-corrected chi connectivity index (χ2v) is 7.11. The van der Waals surface area contributed by atoms with Crippen molar-refractivity contribution in [2.45, 2.75) is 12.8 Å². The van der Waals surface area contributed by atoms with Crippen molar-refractivity contribution in [2.24, 2.45) is 4.99 Å². The number of halogens is 3. The number of nitrogens with zero attached hydrogens (tertiary/aromatic N) is 4. The highest BCUT2D eigenvalue weighted by Gasteiger charge is 2.40. The Balaban J connectivity index is 1.97. The lowest BCUT2D eigenvalue weighted by atomic mass is 9.88. The summed E-state index contributed by atoms with van der Waals surface area (Å²) < 4.78 is 43.9. The summed E-state index contributed by atoms with van der Waals surface area (Å²) in [5.41, 5.74) is 3.21. The van der Waals surface area contributed by atoms with Crippen LogP contribution in [0.5, 0.6) is 0 Å². The molecular weight excluding hydrogens is 401 g/mol. The van der Waals surface area contributed by atoms with Gasteiger partial charge in [-0.2, -0.15) is 10.5 Å². The number of aromatic nitrogens is 1. The zero-order valence-electron chi connectivity index (χ0n) is 15.9. The zero-order valence-corrected chi connectivity index (χ0v) is 15.9. The molecule has 0 fully saturated rings. The van der Waals surface area contributed by atoms with E-state index in [0.29, 0.717) is 47.0 Å². The fraction of sp³-hybridized carbons (Fsp3) is 0.0833. The maximum Gasteiger partial charge on any atom is 0.167 e. The van der Waals surface area contributed by atoms with Gasteiger partial charge in [0.05, 0.1) is 23.5 Å². The van der Waals surface area contributed by atoms with E-state index >= 15 is 0 Å². The molecule has 0 unspecified atom stereocenters. The van der Waals surface area contributed by atoms with Crippen molar-refractivity contribution in [2.75, 3.05) is 0 Å². The lowest BCUT2D eigenvalue weighted by Crippen LogP contribution is -1.97. The van der Waals surface area contributed by atoms with Crippen LogP contribution in [0, 0.1) is 40.1 Å². The van der Waals surface area contributed by atoms with Gasteiger partial charge >= 0.3 is 0 Å². The Morgan fingerprint density at radius 1 is 0.968 bits per heavy atom. The summed E-state index contributed by atoms with van der Waals surface area (Å²) >= 11 is 0. The van der Waals surface area contributed by atoms with Gasteiger partial charge in [0.25, 0.3) is 0 Å². The predicted molar refractivity (Wildman–Crippen MR) is 109 cm³/mol. The molecule has 2 aliphatic carbocycles. The lowest BCUT2D eigenvalue weighted by molar-refractivity contribution is 0.492. The zero-order chi connectivity index (χ0) is 21.7. The lowest BCUT2D eigenvalue weighted by Gasteiger charge is -2.14. The Hall–Kier alpha value is -4.23. The molecule has 0 amide bonds. The van der Waals surface area contributed by atoms with Crippen molar-refractivity contribution in [3.8, 4) is 12.1 Å². The van der Waals surface area contributed by atoms with E-state index in [1.54, 1.807) is 18.5 Å². The minimum absolute atomic E-state index is 0.0306. The van der Waals surface area contributed by atoms with Crippen molar-refractivity contribution in [1.29, 1.82) is 10.5 Å². The SMILES string of the molecule is N#CC=C1C(=C2\C3=C(N=CCC3)c3ncccc32)/C(=C/C#N)c2c(F)c(F)cc(F)c21. The first-order valence-corrected chi connectivity index (χ1v) is 9.43. The summed E-state index contributed by atoms with van der Waals surface area (Å²) in [4.78, 5) is 8.90. The molecule has 4 nitrogen and oxygen atoms in total. The summed E-state index contributed by atoms with van der Waals surface area (Å²) in [5.74, 6) is -3.63. The van der Waals surface area contributed by atoms with Crippen LogP contribution >= 0.6 is 0 Å². The van der Waals surface area contributed by atoms with Gasteiger partial charge < -0.3 is 0 Å². The van der Waals surface area contributed by atoms with Gasteiger partial charge in [0, 0.05) is 64.0 Å². The average Bonchev–Trinajstić information content (AvgIpc) is 3.26. The van der Waals surface area contributed by atoms with Crippen LogP contribution in [0.25, 0.3) is 22.4 Å². The Morgan fingerprint density at radius 3 is 2.45 bits per heavy atom. The molecule has 0 N–H and O–H groups in total. The first kappa shape index (κ1) is 18.8. The smallest absolute Gasteiger partial charge is 0.167 e. The van der Waals surface area contributed by atoms with E-state index in [9.17, 15) is 23.7 Å². The second kappa shape index (κ2) is 6.93. The van der Waals surface area contributed by atoms with Crippen molar-refractivity contribution in [3.63, 3.8) is 0 Å². The number of benzene rings is 1. The number of nitriles is 2. The van der Waals surface area contributed by atoms with Gasteiger partial charge in [-0.05, 0) is 30.1 Å². The molecule has 1 aliphatic heterocycles. The third-order valence-corrected chi connectivity index (χ3v) is 5.55. The van der Waals surface area contributed by atoms with E-state index in [4.69, 9.17) is 0 Å². The third kappa shape index (κ3) is 2.54. The molecular formula is C24H11F3N4. The third-order valence-electron chi connectivity index (χ3n) is 5.55. The Labute approximate surface area is 175 Å². The summed E-state index contributed by atoms with van der Waals surface area (Å²) in [6.45, 7) is 0. The summed E-state index contributed by atoms with van der Waals surface area (Å²) in [7, 11) is 0. The maximum absolute atomic E-state index is 14.9. The monoisotopic (exact) mass is 412 g/mol. The minimum Gasteiger partial charge on any atom is -0.259 e. The number of rotatable bonds is 0. The molecule has 0 spiro atoms. The number of allylic oxidation sites excluding steroid dienone is 7. The molecule has 0 atom stereocenters. The van der Waals surface area contributed by atoms with Crippen LogP contribution in [-0.4, -0.2) is 11.2 Å². The average molecular weight is 412 g/mol. The number of aliphatic imine (C=N–C) groups is 1. The molecule has 148 valence electrons. The van der Waals surface area contributed by atoms with E-state index in [2.05, 4.69) is 9.98 Å². The number of hydrogen-bond acceptors (Lipinski definition) is 4. The fourth-order valence-electron chi connectivity index (χ4n) is 4.45. The van der Waals surface area contributed by atoms with E-state index < -0.39 is 17.5 Å². The molecule has 2 aromatic rings. The van der Waals surface area contributed by atoms with Gasteiger partial charge in [-0.3, -0.25) is 9.98 Å². The molecule has 2 heterocycles. The molecule has 0 radical (unpaired) electrons. The fourth-order valence-corrected chi connectivity index (χ4v) is 4.45. The van der Waals surface area contributed by atoms with Gasteiger partial charge in [-0.15, -0.1) is 0 Å². The van der Waals surface area contributed by atoms with Crippen LogP contribution in [-0.2, 0) is 0 Å². The molecule has 1 aromatic carbocycles. The highest BCUT2D eigenvalue weighted by atomic mass is 19.2. The van der Waals surface area contributed by atoms with E-state index in [-0.39, 0.29) is 22.3 Å². The first-order valence-electron chi connectivity index (χ1n) is 9.43. The Kier molecular flexibility index (Phi) is 4.20. The molecule has 1 aromatic heterocycles. The van der Waals surface area contributed by atoms with Gasteiger partial charge in [0.15, 0.2) is 11.6 Å². The standard InChI is InChI=1S/C24H11F3N4/c25-16-11-17(26)22(27)21-13(6-8-29)18(12(5-7-28)20(16)21)19-14-3-1-9-30-23(14)24-15(19)4-2-10-31-24/h1,3,5-6,9-11H,2,4H2/b12-5?,13-6-,19-18+. The van der Waals surface area contributed by atoms with Crippen molar-refractivity contribution >= 4 is 28.6 Å². The predicted octanol–water partition coefficient (Wildman–Crippen LogP) is 5.37. The van der Waals surface area contributed by atoms with Crippen molar-refractivity contribution in [3.05, 3.63) is 87.5 Å². The first-order chi connectivity index (χ1) is 15.1. The summed E-state index contributed by atoms with van der Waals surface area (Å²) in [6, 6.07) is 7.71. The van der Waals surface area contributed by atoms with Crippen molar-refractivity contribution in [1.82, 2.24) is 4.98 Å². The molecule has 7 heteroatoms. The quantitative estimate of drug-likeness (QED) is 0.431. The maximum atomic E-state index is 14.9. The van der Waals surface area contributed by atoms with Crippen LogP contribution in [0.1, 0.15) is 35.2 Å².